The molecule has 1 N–H and O–H groups in total. The van der Waals surface area contributed by atoms with Crippen molar-refractivity contribution in [1.29, 1.82) is 0 Å². The highest BCUT2D eigenvalue weighted by Gasteiger charge is 2.10. The van der Waals surface area contributed by atoms with Gasteiger partial charge in [0.25, 0.3) is 6.43 Å². The quantitative estimate of drug-likeness (QED) is 0.490. The maximum atomic E-state index is 12.0. The number of hydrogen-bond donors (Lipinski definition) is 1. The molecule has 0 fully saturated rings. The molecule has 5 heteroatoms. The van der Waals surface area contributed by atoms with Crippen LogP contribution in [0.4, 0.5) is 8.78 Å². The van der Waals surface area contributed by atoms with E-state index in [1.807, 2.05) is 6.92 Å². The second kappa shape index (κ2) is 5.44. The normalized spacial score (nSPS) is 11.9. The molecule has 0 atom stereocenters. The Morgan fingerprint density at radius 2 is 2.19 bits per heavy atom. The smallest absolute Gasteiger partial charge is 0.272 e. The number of rotatable bonds is 4. The molecule has 0 spiro atoms. The molecule has 1 aromatic carbocycles. The summed E-state index contributed by atoms with van der Waals surface area (Å²) in [4.78, 5) is 0. The van der Waals surface area contributed by atoms with E-state index in [0.717, 1.165) is 5.56 Å². The third-order valence-corrected chi connectivity index (χ3v) is 2.04. The first kappa shape index (κ1) is 12.4. The van der Waals surface area contributed by atoms with Crippen LogP contribution in [0.25, 0.3) is 0 Å². The van der Waals surface area contributed by atoms with Gasteiger partial charge in [0.15, 0.2) is 0 Å². The number of nitrogens with zero attached hydrogens (tertiary/aromatic N) is 1. The number of aryl methyl sites for hydroxylation is 1. The number of ether oxygens (including phenoxy) is 1. The van der Waals surface area contributed by atoms with Crippen molar-refractivity contribution >= 4 is 5.71 Å². The zero-order valence-corrected chi connectivity index (χ0v) is 9.08. The van der Waals surface area contributed by atoms with Gasteiger partial charge >= 0.3 is 0 Å². The second-order valence-corrected chi connectivity index (χ2v) is 3.39. The maximum absolute atomic E-state index is 12.0. The lowest BCUT2D eigenvalue weighted by atomic mass is 10.1. The number of halogens is 2. The third kappa shape index (κ3) is 3.18. The van der Waals surface area contributed by atoms with Crippen LogP contribution in [0.15, 0.2) is 23.4 Å². The van der Waals surface area contributed by atoms with Gasteiger partial charge in [-0.1, -0.05) is 11.2 Å². The Labute approximate surface area is 92.3 Å². The summed E-state index contributed by atoms with van der Waals surface area (Å²) in [6, 6.07) is 5.09. The van der Waals surface area contributed by atoms with Gasteiger partial charge in [0.05, 0.1) is 5.71 Å². The van der Waals surface area contributed by atoms with Gasteiger partial charge in [-0.3, -0.25) is 0 Å². The molecule has 0 heterocycles. The van der Waals surface area contributed by atoms with E-state index in [-0.39, 0.29) is 0 Å². The van der Waals surface area contributed by atoms with E-state index in [1.54, 1.807) is 25.1 Å². The van der Waals surface area contributed by atoms with Crippen molar-refractivity contribution in [3.8, 4) is 5.75 Å². The summed E-state index contributed by atoms with van der Waals surface area (Å²) in [6.45, 7) is 2.72. The van der Waals surface area contributed by atoms with Crippen LogP contribution in [0, 0.1) is 6.92 Å². The number of oxime groups is 1. The predicted molar refractivity (Wildman–Crippen MR) is 56.7 cm³/mol. The Morgan fingerprint density at radius 3 is 2.75 bits per heavy atom. The van der Waals surface area contributed by atoms with Crippen molar-refractivity contribution in [3.05, 3.63) is 29.3 Å². The lowest BCUT2D eigenvalue weighted by Gasteiger charge is -2.11. The number of hydrogen-bond acceptors (Lipinski definition) is 3. The average Bonchev–Trinajstić information content (AvgIpc) is 2.25. The van der Waals surface area contributed by atoms with Crippen LogP contribution in [-0.4, -0.2) is 24.0 Å². The fraction of sp³-hybridized carbons (Fsp3) is 0.364. The van der Waals surface area contributed by atoms with Crippen LogP contribution < -0.4 is 4.74 Å². The van der Waals surface area contributed by atoms with Gasteiger partial charge in [-0.25, -0.2) is 8.78 Å². The van der Waals surface area contributed by atoms with Gasteiger partial charge in [0, 0.05) is 5.56 Å². The van der Waals surface area contributed by atoms with Crippen molar-refractivity contribution in [1.82, 2.24) is 0 Å². The van der Waals surface area contributed by atoms with Crippen molar-refractivity contribution in [3.63, 3.8) is 0 Å². The monoisotopic (exact) mass is 229 g/mol. The first-order valence-corrected chi connectivity index (χ1v) is 4.75. The summed E-state index contributed by atoms with van der Waals surface area (Å²) in [5, 5.41) is 11.7. The van der Waals surface area contributed by atoms with Crippen molar-refractivity contribution < 1.29 is 18.7 Å². The van der Waals surface area contributed by atoms with Crippen molar-refractivity contribution in [2.24, 2.45) is 5.16 Å². The summed E-state index contributed by atoms with van der Waals surface area (Å²) in [6.07, 6.45) is -2.53. The van der Waals surface area contributed by atoms with Crippen LogP contribution in [0.3, 0.4) is 0 Å². The summed E-state index contributed by atoms with van der Waals surface area (Å²) in [7, 11) is 0. The Bertz CT molecular complexity index is 392. The average molecular weight is 229 g/mol. The molecule has 88 valence electrons. The molecule has 3 nitrogen and oxygen atoms in total. The predicted octanol–water partition coefficient (Wildman–Crippen LogP) is 2.84. The van der Waals surface area contributed by atoms with Crippen LogP contribution in [0.5, 0.6) is 5.75 Å². The molecule has 0 saturated carbocycles. The SMILES string of the molecule is CC(=NO)c1ccc(C)cc1OCC(F)F. The third-order valence-electron chi connectivity index (χ3n) is 2.04. The van der Waals surface area contributed by atoms with Crippen molar-refractivity contribution in [2.45, 2.75) is 20.3 Å². The summed E-state index contributed by atoms with van der Waals surface area (Å²) >= 11 is 0. The summed E-state index contributed by atoms with van der Waals surface area (Å²) in [5.41, 5.74) is 1.72. The van der Waals surface area contributed by atoms with E-state index in [1.165, 1.54) is 0 Å². The summed E-state index contributed by atoms with van der Waals surface area (Å²) < 4.78 is 29.0. The van der Waals surface area contributed by atoms with Crippen LogP contribution in [-0.2, 0) is 0 Å². The van der Waals surface area contributed by atoms with E-state index < -0.39 is 13.0 Å². The van der Waals surface area contributed by atoms with E-state index in [2.05, 4.69) is 5.16 Å². The lowest BCUT2D eigenvalue weighted by molar-refractivity contribution is 0.0818. The highest BCUT2D eigenvalue weighted by molar-refractivity contribution is 6.00. The molecule has 0 saturated heterocycles. The maximum Gasteiger partial charge on any atom is 0.272 e. The van der Waals surface area contributed by atoms with Gasteiger partial charge in [0.2, 0.25) is 0 Å². The fourth-order valence-corrected chi connectivity index (χ4v) is 1.25. The molecule has 0 aliphatic heterocycles. The fourth-order valence-electron chi connectivity index (χ4n) is 1.25. The second-order valence-electron chi connectivity index (χ2n) is 3.39. The highest BCUT2D eigenvalue weighted by atomic mass is 19.3. The molecule has 0 amide bonds. The molecule has 1 aromatic rings. The molecule has 0 unspecified atom stereocenters. The van der Waals surface area contributed by atoms with E-state index in [4.69, 9.17) is 9.94 Å². The minimum Gasteiger partial charge on any atom is -0.487 e. The summed E-state index contributed by atoms with van der Waals surface area (Å²) in [5.74, 6) is 0.301. The zero-order chi connectivity index (χ0) is 12.1. The molecule has 0 radical (unpaired) electrons. The Balaban J connectivity index is 2.99. The lowest BCUT2D eigenvalue weighted by Crippen LogP contribution is -2.10. The molecule has 1 rings (SSSR count). The van der Waals surface area contributed by atoms with Crippen LogP contribution in [0.2, 0.25) is 0 Å². The van der Waals surface area contributed by atoms with E-state index >= 15 is 0 Å². The van der Waals surface area contributed by atoms with Gasteiger partial charge in [-0.05, 0) is 31.5 Å². The van der Waals surface area contributed by atoms with Gasteiger partial charge in [-0.15, -0.1) is 0 Å². The first-order chi connectivity index (χ1) is 7.54. The number of alkyl halides is 2. The molecule has 0 aliphatic carbocycles. The molecule has 0 bridgehead atoms. The molecule has 0 aliphatic rings. The topological polar surface area (TPSA) is 41.8 Å². The Kier molecular flexibility index (Phi) is 4.22. The molecule has 16 heavy (non-hydrogen) atoms. The van der Waals surface area contributed by atoms with Crippen molar-refractivity contribution in [2.75, 3.05) is 6.61 Å². The van der Waals surface area contributed by atoms with Gasteiger partial charge in [0.1, 0.15) is 12.4 Å². The Morgan fingerprint density at radius 1 is 1.50 bits per heavy atom. The van der Waals surface area contributed by atoms with Crippen LogP contribution >= 0.6 is 0 Å². The zero-order valence-electron chi connectivity index (χ0n) is 9.08. The molecular weight excluding hydrogens is 216 g/mol. The molecular formula is C11H13F2NO2. The first-order valence-electron chi connectivity index (χ1n) is 4.75. The van der Waals surface area contributed by atoms with Crippen LogP contribution in [0.1, 0.15) is 18.1 Å². The standard InChI is InChI=1S/C11H13F2NO2/c1-7-3-4-9(8(2)14-15)10(5-7)16-6-11(12)13/h3-5,11,15H,6H2,1-2H3. The minimum atomic E-state index is -2.53. The highest BCUT2D eigenvalue weighted by Crippen LogP contribution is 2.21. The minimum absolute atomic E-state index is 0.301. The van der Waals surface area contributed by atoms with E-state index in [9.17, 15) is 8.78 Å². The largest absolute Gasteiger partial charge is 0.487 e. The number of benzene rings is 1. The Hall–Kier alpha value is -1.65. The van der Waals surface area contributed by atoms with E-state index in [0.29, 0.717) is 17.0 Å². The van der Waals surface area contributed by atoms with Gasteiger partial charge < -0.3 is 9.94 Å². The molecule has 0 aromatic heterocycles. The van der Waals surface area contributed by atoms with Gasteiger partial charge in [-0.2, -0.15) is 0 Å².